The van der Waals surface area contributed by atoms with Gasteiger partial charge in [0.2, 0.25) is 5.91 Å². The van der Waals surface area contributed by atoms with Crippen LogP contribution in [0.5, 0.6) is 0 Å². The lowest BCUT2D eigenvalue weighted by molar-refractivity contribution is -0.127. The number of carbonyl (C=O) groups excluding carboxylic acids is 2. The van der Waals surface area contributed by atoms with E-state index in [1.54, 1.807) is 38.9 Å². The summed E-state index contributed by atoms with van der Waals surface area (Å²) < 4.78 is 6.73. The van der Waals surface area contributed by atoms with E-state index in [4.69, 9.17) is 4.42 Å². The van der Waals surface area contributed by atoms with Gasteiger partial charge in [0.25, 0.3) is 5.91 Å². The molecule has 1 aliphatic rings. The van der Waals surface area contributed by atoms with Crippen LogP contribution in [0.1, 0.15) is 15.9 Å². The fourth-order valence-electron chi connectivity index (χ4n) is 3.12. The first-order valence-electron chi connectivity index (χ1n) is 9.09. The highest BCUT2D eigenvalue weighted by Crippen LogP contribution is 2.11. The predicted octanol–water partition coefficient (Wildman–Crippen LogP) is 2.46. The fraction of sp³-hybridized carbons (Fsp3) is 0.190. The summed E-state index contributed by atoms with van der Waals surface area (Å²) in [6.07, 6.45) is 9.84. The smallest absolute Gasteiger partial charge is 0.257 e. The second-order valence-corrected chi connectivity index (χ2v) is 6.52. The lowest BCUT2D eigenvalue weighted by atomic mass is 10.2. The SMILES string of the molecule is O=C(/C=C/c1cnn(-c2ccccc2)c1)N1CCN(C(=O)c2ccoc2)CC1. The third-order valence-electron chi connectivity index (χ3n) is 4.69. The number of piperazine rings is 1. The minimum Gasteiger partial charge on any atom is -0.472 e. The van der Waals surface area contributed by atoms with Crippen molar-refractivity contribution in [3.8, 4) is 5.69 Å². The van der Waals surface area contributed by atoms with Crippen molar-refractivity contribution in [1.29, 1.82) is 0 Å². The van der Waals surface area contributed by atoms with Crippen LogP contribution in [0, 0.1) is 0 Å². The van der Waals surface area contributed by atoms with Crippen LogP contribution in [0.25, 0.3) is 11.8 Å². The second-order valence-electron chi connectivity index (χ2n) is 6.52. The highest BCUT2D eigenvalue weighted by atomic mass is 16.3. The molecule has 3 heterocycles. The van der Waals surface area contributed by atoms with E-state index in [1.807, 2.05) is 36.5 Å². The Hall–Kier alpha value is -3.61. The van der Waals surface area contributed by atoms with Crippen molar-refractivity contribution in [3.63, 3.8) is 0 Å². The molecule has 0 saturated carbocycles. The largest absolute Gasteiger partial charge is 0.472 e. The van der Waals surface area contributed by atoms with Gasteiger partial charge in [0, 0.05) is 44.0 Å². The van der Waals surface area contributed by atoms with Crippen LogP contribution in [0.15, 0.2) is 71.8 Å². The van der Waals surface area contributed by atoms with Crippen molar-refractivity contribution in [1.82, 2.24) is 19.6 Å². The monoisotopic (exact) mass is 376 g/mol. The highest BCUT2D eigenvalue weighted by molar-refractivity contribution is 5.94. The Kier molecular flexibility index (Phi) is 5.05. The molecule has 0 radical (unpaired) electrons. The summed E-state index contributed by atoms with van der Waals surface area (Å²) in [6.45, 7) is 2.04. The molecule has 0 N–H and O–H groups in total. The zero-order valence-electron chi connectivity index (χ0n) is 15.3. The molecule has 142 valence electrons. The Balaban J connectivity index is 1.32. The molecule has 1 fully saturated rings. The molecule has 0 spiro atoms. The number of furan rings is 1. The van der Waals surface area contributed by atoms with Gasteiger partial charge in [0.15, 0.2) is 0 Å². The molecule has 1 aromatic carbocycles. The fourth-order valence-corrected chi connectivity index (χ4v) is 3.12. The molecular weight excluding hydrogens is 356 g/mol. The number of nitrogens with zero attached hydrogens (tertiary/aromatic N) is 4. The van der Waals surface area contributed by atoms with Gasteiger partial charge >= 0.3 is 0 Å². The van der Waals surface area contributed by atoms with Gasteiger partial charge in [-0.3, -0.25) is 9.59 Å². The van der Waals surface area contributed by atoms with E-state index in [1.165, 1.54) is 12.5 Å². The first-order valence-corrected chi connectivity index (χ1v) is 9.09. The first-order chi connectivity index (χ1) is 13.7. The number of para-hydroxylation sites is 1. The van der Waals surface area contributed by atoms with Crippen LogP contribution in [0.4, 0.5) is 0 Å². The van der Waals surface area contributed by atoms with Gasteiger partial charge in [-0.05, 0) is 24.3 Å². The first kappa shape index (κ1) is 17.8. The molecule has 2 aromatic heterocycles. The van der Waals surface area contributed by atoms with Crippen LogP contribution >= 0.6 is 0 Å². The second kappa shape index (κ2) is 7.96. The number of carbonyl (C=O) groups is 2. The summed E-state index contributed by atoms with van der Waals surface area (Å²) in [5.74, 6) is -0.132. The molecule has 1 saturated heterocycles. The van der Waals surface area contributed by atoms with Crippen LogP contribution in [0.3, 0.4) is 0 Å². The van der Waals surface area contributed by atoms with Gasteiger partial charge < -0.3 is 14.2 Å². The number of aromatic nitrogens is 2. The molecule has 28 heavy (non-hydrogen) atoms. The number of amides is 2. The standard InChI is InChI=1S/C21H20N4O3/c26-20(7-6-17-14-22-25(15-17)19-4-2-1-3-5-19)23-9-11-24(12-10-23)21(27)18-8-13-28-16-18/h1-8,13-16H,9-12H2/b7-6+. The van der Waals surface area contributed by atoms with Crippen molar-refractivity contribution < 1.29 is 14.0 Å². The average Bonchev–Trinajstić information content (AvgIpc) is 3.44. The van der Waals surface area contributed by atoms with Gasteiger partial charge in [-0.2, -0.15) is 5.10 Å². The van der Waals surface area contributed by atoms with Crippen molar-refractivity contribution in [3.05, 3.63) is 78.5 Å². The van der Waals surface area contributed by atoms with Gasteiger partial charge in [-0.1, -0.05) is 18.2 Å². The summed E-state index contributed by atoms with van der Waals surface area (Å²) in [6, 6.07) is 11.4. The molecule has 2 amide bonds. The Morgan fingerprint density at radius 1 is 1.00 bits per heavy atom. The van der Waals surface area contributed by atoms with E-state index in [0.29, 0.717) is 31.7 Å². The molecule has 7 heteroatoms. The topological polar surface area (TPSA) is 71.6 Å². The molecule has 3 aromatic rings. The van der Waals surface area contributed by atoms with Crippen molar-refractivity contribution in [2.75, 3.05) is 26.2 Å². The van der Waals surface area contributed by atoms with Gasteiger partial charge in [-0.25, -0.2) is 4.68 Å². The van der Waals surface area contributed by atoms with Crippen molar-refractivity contribution >= 4 is 17.9 Å². The van der Waals surface area contributed by atoms with Crippen LogP contribution in [-0.2, 0) is 4.79 Å². The summed E-state index contributed by atoms with van der Waals surface area (Å²) in [5.41, 5.74) is 2.35. The van der Waals surface area contributed by atoms with Crippen LogP contribution < -0.4 is 0 Å². The maximum Gasteiger partial charge on any atom is 0.257 e. The molecule has 1 aliphatic heterocycles. The summed E-state index contributed by atoms with van der Waals surface area (Å²) >= 11 is 0. The predicted molar refractivity (Wildman–Crippen MR) is 104 cm³/mol. The van der Waals surface area contributed by atoms with Gasteiger partial charge in [-0.15, -0.1) is 0 Å². The highest BCUT2D eigenvalue weighted by Gasteiger charge is 2.24. The third kappa shape index (κ3) is 3.88. The van der Waals surface area contributed by atoms with Crippen molar-refractivity contribution in [2.24, 2.45) is 0 Å². The molecule has 0 unspecified atom stereocenters. The van der Waals surface area contributed by atoms with Crippen LogP contribution in [-0.4, -0.2) is 57.6 Å². The molecular formula is C21H20N4O3. The molecule has 0 bridgehead atoms. The molecule has 7 nitrogen and oxygen atoms in total. The van der Waals surface area contributed by atoms with E-state index >= 15 is 0 Å². The quantitative estimate of drug-likeness (QED) is 0.656. The van der Waals surface area contributed by atoms with E-state index in [-0.39, 0.29) is 11.8 Å². The van der Waals surface area contributed by atoms with Crippen LogP contribution in [0.2, 0.25) is 0 Å². The zero-order chi connectivity index (χ0) is 19.3. The van der Waals surface area contributed by atoms with Crippen molar-refractivity contribution in [2.45, 2.75) is 0 Å². The Labute approximate surface area is 162 Å². The Bertz CT molecular complexity index is 968. The Morgan fingerprint density at radius 3 is 2.46 bits per heavy atom. The van der Waals surface area contributed by atoms with Gasteiger partial charge in [0.1, 0.15) is 6.26 Å². The summed E-state index contributed by atoms with van der Waals surface area (Å²) in [7, 11) is 0. The summed E-state index contributed by atoms with van der Waals surface area (Å²) in [4.78, 5) is 28.2. The van der Waals surface area contributed by atoms with E-state index < -0.39 is 0 Å². The van der Waals surface area contributed by atoms with E-state index in [2.05, 4.69) is 5.10 Å². The maximum absolute atomic E-state index is 12.4. The number of rotatable bonds is 4. The number of hydrogen-bond donors (Lipinski definition) is 0. The molecule has 0 atom stereocenters. The van der Waals surface area contributed by atoms with E-state index in [9.17, 15) is 9.59 Å². The Morgan fingerprint density at radius 2 is 1.75 bits per heavy atom. The minimum atomic E-state index is -0.0668. The normalized spacial score (nSPS) is 14.6. The minimum absolute atomic E-state index is 0.0651. The molecule has 4 rings (SSSR count). The number of hydrogen-bond acceptors (Lipinski definition) is 4. The lowest BCUT2D eigenvalue weighted by Crippen LogP contribution is -2.50. The maximum atomic E-state index is 12.4. The van der Waals surface area contributed by atoms with E-state index in [0.717, 1.165) is 11.3 Å². The lowest BCUT2D eigenvalue weighted by Gasteiger charge is -2.34. The number of benzene rings is 1. The van der Waals surface area contributed by atoms with Gasteiger partial charge in [0.05, 0.1) is 23.7 Å². The zero-order valence-corrected chi connectivity index (χ0v) is 15.3. The third-order valence-corrected chi connectivity index (χ3v) is 4.69. The average molecular weight is 376 g/mol. The summed E-state index contributed by atoms with van der Waals surface area (Å²) in [5, 5.41) is 4.32. The molecule has 0 aliphatic carbocycles.